The van der Waals surface area contributed by atoms with Gasteiger partial charge < -0.3 is 4.90 Å². The van der Waals surface area contributed by atoms with E-state index in [0.717, 1.165) is 9.37 Å². The van der Waals surface area contributed by atoms with Gasteiger partial charge in [0.15, 0.2) is 0 Å². The van der Waals surface area contributed by atoms with Crippen LogP contribution in [0.4, 0.5) is 13.2 Å². The van der Waals surface area contributed by atoms with Gasteiger partial charge in [-0.3, -0.25) is 4.79 Å². The van der Waals surface area contributed by atoms with Crippen molar-refractivity contribution in [1.29, 1.82) is 0 Å². The maximum Gasteiger partial charge on any atom is 0.406 e. The Kier molecular flexibility index (Phi) is 5.19. The quantitative estimate of drug-likeness (QED) is 0.831. The SMILES string of the molecule is CCN(CC(F)(F)F)C(=O)Cc1ccc(Br)cc1. The fourth-order valence-corrected chi connectivity index (χ4v) is 1.75. The lowest BCUT2D eigenvalue weighted by Gasteiger charge is -2.22. The van der Waals surface area contributed by atoms with Crippen molar-refractivity contribution in [2.24, 2.45) is 0 Å². The summed E-state index contributed by atoms with van der Waals surface area (Å²) in [5.74, 6) is -0.517. The Bertz CT molecular complexity index is 403. The van der Waals surface area contributed by atoms with Gasteiger partial charge in [-0.2, -0.15) is 13.2 Å². The normalized spacial score (nSPS) is 11.4. The van der Waals surface area contributed by atoms with Crippen molar-refractivity contribution in [2.45, 2.75) is 19.5 Å². The summed E-state index contributed by atoms with van der Waals surface area (Å²) < 4.78 is 37.6. The minimum atomic E-state index is -4.36. The van der Waals surface area contributed by atoms with Crippen LogP contribution in [0.2, 0.25) is 0 Å². The van der Waals surface area contributed by atoms with Crippen LogP contribution in [-0.4, -0.2) is 30.1 Å². The average molecular weight is 324 g/mol. The van der Waals surface area contributed by atoms with E-state index in [0.29, 0.717) is 5.56 Å². The molecule has 100 valence electrons. The maximum absolute atomic E-state index is 12.2. The topological polar surface area (TPSA) is 20.3 Å². The van der Waals surface area contributed by atoms with Crippen LogP contribution in [0, 0.1) is 0 Å². The molecule has 0 aromatic heterocycles. The summed E-state index contributed by atoms with van der Waals surface area (Å²) in [6, 6.07) is 6.93. The number of carbonyl (C=O) groups is 1. The zero-order valence-electron chi connectivity index (χ0n) is 9.80. The lowest BCUT2D eigenvalue weighted by atomic mass is 10.1. The molecule has 18 heavy (non-hydrogen) atoms. The molecule has 0 saturated heterocycles. The maximum atomic E-state index is 12.2. The molecule has 0 aliphatic heterocycles. The Balaban J connectivity index is 2.65. The Labute approximate surface area is 112 Å². The lowest BCUT2D eigenvalue weighted by Crippen LogP contribution is -2.39. The molecule has 0 aliphatic carbocycles. The van der Waals surface area contributed by atoms with E-state index < -0.39 is 18.6 Å². The van der Waals surface area contributed by atoms with Gasteiger partial charge in [-0.15, -0.1) is 0 Å². The molecule has 1 aromatic rings. The molecule has 0 radical (unpaired) electrons. The van der Waals surface area contributed by atoms with Crippen molar-refractivity contribution < 1.29 is 18.0 Å². The van der Waals surface area contributed by atoms with Gasteiger partial charge in [0, 0.05) is 11.0 Å². The highest BCUT2D eigenvalue weighted by Crippen LogP contribution is 2.17. The second kappa shape index (κ2) is 6.22. The summed E-state index contributed by atoms with van der Waals surface area (Å²) in [7, 11) is 0. The third-order valence-electron chi connectivity index (χ3n) is 2.37. The van der Waals surface area contributed by atoms with Gasteiger partial charge >= 0.3 is 6.18 Å². The molecule has 2 nitrogen and oxygen atoms in total. The molecule has 0 atom stereocenters. The average Bonchev–Trinajstić information content (AvgIpc) is 2.27. The fraction of sp³-hybridized carbons (Fsp3) is 0.417. The predicted octanol–water partition coefficient (Wildman–Crippen LogP) is 3.40. The molecule has 1 rings (SSSR count). The molecule has 6 heteroatoms. The molecular weight excluding hydrogens is 311 g/mol. The number of nitrogens with zero attached hydrogens (tertiary/aromatic N) is 1. The molecular formula is C12H13BrF3NO. The van der Waals surface area contributed by atoms with Crippen LogP contribution >= 0.6 is 15.9 Å². The van der Waals surface area contributed by atoms with Crippen molar-refractivity contribution in [3.8, 4) is 0 Å². The third-order valence-corrected chi connectivity index (χ3v) is 2.90. The Morgan fingerprint density at radius 1 is 1.28 bits per heavy atom. The molecule has 0 aliphatic rings. The number of rotatable bonds is 4. The number of carbonyl (C=O) groups excluding carboxylic acids is 1. The standard InChI is InChI=1S/C12H13BrF3NO/c1-2-17(8-12(14,15)16)11(18)7-9-3-5-10(13)6-4-9/h3-6H,2,7-8H2,1H3. The molecule has 0 bridgehead atoms. The van der Waals surface area contributed by atoms with Crippen LogP contribution in [0.1, 0.15) is 12.5 Å². The van der Waals surface area contributed by atoms with Crippen LogP contribution < -0.4 is 0 Å². The Morgan fingerprint density at radius 2 is 1.83 bits per heavy atom. The lowest BCUT2D eigenvalue weighted by molar-refractivity contribution is -0.160. The van der Waals surface area contributed by atoms with Gasteiger partial charge in [-0.05, 0) is 24.6 Å². The summed E-state index contributed by atoms with van der Waals surface area (Å²) in [5.41, 5.74) is 0.698. The first-order valence-electron chi connectivity index (χ1n) is 5.41. The van der Waals surface area contributed by atoms with Crippen LogP contribution in [0.5, 0.6) is 0 Å². The monoisotopic (exact) mass is 323 g/mol. The molecule has 1 aromatic carbocycles. The van der Waals surface area contributed by atoms with Crippen molar-refractivity contribution >= 4 is 21.8 Å². The first-order chi connectivity index (χ1) is 8.31. The second-order valence-corrected chi connectivity index (χ2v) is 4.74. The fourth-order valence-electron chi connectivity index (χ4n) is 1.48. The van der Waals surface area contributed by atoms with Crippen LogP contribution in [0.25, 0.3) is 0 Å². The second-order valence-electron chi connectivity index (χ2n) is 3.83. The summed E-state index contributed by atoms with van der Waals surface area (Å²) in [6.45, 7) is 0.388. The zero-order valence-corrected chi connectivity index (χ0v) is 11.4. The van der Waals surface area contributed by atoms with Gasteiger partial charge in [0.25, 0.3) is 0 Å². The van der Waals surface area contributed by atoms with E-state index in [2.05, 4.69) is 15.9 Å². The molecule has 0 spiro atoms. The highest BCUT2D eigenvalue weighted by molar-refractivity contribution is 9.10. The Morgan fingerprint density at radius 3 is 2.28 bits per heavy atom. The van der Waals surface area contributed by atoms with E-state index in [9.17, 15) is 18.0 Å². The molecule has 1 amide bonds. The van der Waals surface area contributed by atoms with Gasteiger partial charge in [0.2, 0.25) is 5.91 Å². The first kappa shape index (κ1) is 15.0. The minimum Gasteiger partial charge on any atom is -0.334 e. The summed E-state index contributed by atoms with van der Waals surface area (Å²) in [6.07, 6.45) is -4.37. The van der Waals surface area contributed by atoms with E-state index in [1.54, 1.807) is 24.3 Å². The number of halogens is 4. The molecule has 0 heterocycles. The first-order valence-corrected chi connectivity index (χ1v) is 6.20. The Hall–Kier alpha value is -1.04. The summed E-state index contributed by atoms with van der Waals surface area (Å²) in [4.78, 5) is 12.5. The molecule has 0 unspecified atom stereocenters. The largest absolute Gasteiger partial charge is 0.406 e. The van der Waals surface area contributed by atoms with Gasteiger partial charge in [0.1, 0.15) is 6.54 Å². The highest BCUT2D eigenvalue weighted by atomic mass is 79.9. The summed E-state index contributed by atoms with van der Waals surface area (Å²) >= 11 is 3.25. The minimum absolute atomic E-state index is 0.0167. The number of hydrogen-bond donors (Lipinski definition) is 0. The van der Waals surface area contributed by atoms with E-state index in [1.807, 2.05) is 0 Å². The van der Waals surface area contributed by atoms with Crippen molar-refractivity contribution in [2.75, 3.05) is 13.1 Å². The third kappa shape index (κ3) is 5.08. The summed E-state index contributed by atoms with van der Waals surface area (Å²) in [5, 5.41) is 0. The number of alkyl halides is 3. The van der Waals surface area contributed by atoms with E-state index >= 15 is 0 Å². The van der Waals surface area contributed by atoms with Crippen molar-refractivity contribution in [3.05, 3.63) is 34.3 Å². The van der Waals surface area contributed by atoms with Crippen LogP contribution in [0.15, 0.2) is 28.7 Å². The van der Waals surface area contributed by atoms with Crippen molar-refractivity contribution in [3.63, 3.8) is 0 Å². The zero-order chi connectivity index (χ0) is 13.8. The van der Waals surface area contributed by atoms with Crippen molar-refractivity contribution in [1.82, 2.24) is 4.90 Å². The van der Waals surface area contributed by atoms with Gasteiger partial charge in [0.05, 0.1) is 6.42 Å². The highest BCUT2D eigenvalue weighted by Gasteiger charge is 2.32. The smallest absolute Gasteiger partial charge is 0.334 e. The molecule has 0 N–H and O–H groups in total. The van der Waals surface area contributed by atoms with E-state index in [-0.39, 0.29) is 13.0 Å². The van der Waals surface area contributed by atoms with E-state index in [4.69, 9.17) is 0 Å². The van der Waals surface area contributed by atoms with Gasteiger partial charge in [-0.25, -0.2) is 0 Å². The van der Waals surface area contributed by atoms with Crippen LogP contribution in [-0.2, 0) is 11.2 Å². The van der Waals surface area contributed by atoms with E-state index in [1.165, 1.54) is 6.92 Å². The number of amides is 1. The molecule has 0 saturated carbocycles. The van der Waals surface area contributed by atoms with Gasteiger partial charge in [-0.1, -0.05) is 28.1 Å². The molecule has 0 fully saturated rings. The van der Waals surface area contributed by atoms with Crippen LogP contribution in [0.3, 0.4) is 0 Å². The number of hydrogen-bond acceptors (Lipinski definition) is 1. The predicted molar refractivity (Wildman–Crippen MR) is 66.2 cm³/mol. The number of benzene rings is 1. The number of likely N-dealkylation sites (N-methyl/N-ethyl adjacent to an activating group) is 1.